The molecule has 2 heterocycles. The number of nitrogens with zero attached hydrogens (tertiary/aromatic N) is 3. The van der Waals surface area contributed by atoms with E-state index in [0.29, 0.717) is 41.8 Å². The van der Waals surface area contributed by atoms with Crippen molar-refractivity contribution in [3.8, 4) is 0 Å². The van der Waals surface area contributed by atoms with Crippen molar-refractivity contribution in [3.05, 3.63) is 157 Å². The van der Waals surface area contributed by atoms with E-state index in [1.54, 1.807) is 36.7 Å². The molecule has 0 aliphatic rings. The van der Waals surface area contributed by atoms with Gasteiger partial charge in [0, 0.05) is 38.3 Å². The molecule has 6 N–H and O–H groups in total. The standard InChI is InChI=1S/C17H18N4S.C13H11NO.C4H9N3S/c1-2-11-19-17(22)21-20-16(15-10-6-7-12-18-15)13-14-8-4-3-5-9-14;15-13(12-8-4-5-9-14-12)10-11-6-2-1-3-7-11;1-2-3-6-4(8)7-5/h2-10,12H,1,11,13H2,(H2,19,21,22);1-9H,10H2;2H,1,3,5H2,(H2,6,7,8)/b20-16+;;. The Morgan fingerprint density at radius 3 is 1.69 bits per heavy atom. The lowest BCUT2D eigenvalue weighted by Gasteiger charge is -2.09. The second kappa shape index (κ2) is 22.4. The molecule has 0 saturated heterocycles. The number of ketones is 1. The molecule has 0 amide bonds. The molecule has 0 radical (unpaired) electrons. The summed E-state index contributed by atoms with van der Waals surface area (Å²) >= 11 is 9.78. The molecule has 0 fully saturated rings. The fraction of sp³-hybridized carbons (Fsp3) is 0.118. The van der Waals surface area contributed by atoms with Crippen molar-refractivity contribution in [1.82, 2.24) is 31.5 Å². The highest BCUT2D eigenvalue weighted by molar-refractivity contribution is 7.80. The molecule has 0 unspecified atom stereocenters. The van der Waals surface area contributed by atoms with Gasteiger partial charge in [-0.2, -0.15) is 5.10 Å². The minimum atomic E-state index is 0.0572. The number of hydrogen-bond acceptors (Lipinski definition) is 7. The average molecular weight is 639 g/mol. The molecule has 0 spiro atoms. The number of hydrazone groups is 1. The molecule has 11 heteroatoms. The van der Waals surface area contributed by atoms with Crippen LogP contribution in [0.15, 0.2) is 140 Å². The molecular formula is C34H38N8OS2. The summed E-state index contributed by atoms with van der Waals surface area (Å²) in [4.78, 5) is 20.1. The lowest BCUT2D eigenvalue weighted by atomic mass is 10.1. The van der Waals surface area contributed by atoms with Gasteiger partial charge in [-0.15, -0.1) is 13.2 Å². The molecular weight excluding hydrogens is 601 g/mol. The molecule has 4 rings (SSSR count). The zero-order chi connectivity index (χ0) is 32.5. The minimum absolute atomic E-state index is 0.0572. The normalized spacial score (nSPS) is 9.93. The van der Waals surface area contributed by atoms with Crippen molar-refractivity contribution < 1.29 is 4.79 Å². The second-order valence-electron chi connectivity index (χ2n) is 8.99. The molecule has 2 aromatic heterocycles. The molecule has 4 aromatic rings. The number of rotatable bonds is 11. The van der Waals surface area contributed by atoms with Crippen molar-refractivity contribution in [2.45, 2.75) is 12.8 Å². The molecule has 0 bridgehead atoms. The Morgan fingerprint density at radius 1 is 0.711 bits per heavy atom. The number of carbonyl (C=O) groups excluding carboxylic acids is 1. The predicted octanol–water partition coefficient (Wildman–Crippen LogP) is 4.70. The fourth-order valence-electron chi connectivity index (χ4n) is 3.45. The van der Waals surface area contributed by atoms with E-state index in [1.807, 2.05) is 72.8 Å². The van der Waals surface area contributed by atoms with Gasteiger partial charge in [0.05, 0.1) is 11.4 Å². The Bertz CT molecular complexity index is 1490. The zero-order valence-electron chi connectivity index (χ0n) is 24.9. The van der Waals surface area contributed by atoms with Crippen LogP contribution in [0.4, 0.5) is 0 Å². The first-order valence-electron chi connectivity index (χ1n) is 14.0. The molecule has 0 saturated carbocycles. The SMILES string of the molecule is C=CCNC(=S)N/N=C(\Cc1ccccc1)c1ccccn1.C=CCNC(=S)NN.O=C(Cc1ccccc1)c1ccccn1. The summed E-state index contributed by atoms with van der Waals surface area (Å²) in [5.74, 6) is 4.98. The first-order valence-corrected chi connectivity index (χ1v) is 14.8. The van der Waals surface area contributed by atoms with E-state index >= 15 is 0 Å². The molecule has 9 nitrogen and oxygen atoms in total. The number of aromatic nitrogens is 2. The van der Waals surface area contributed by atoms with Crippen LogP contribution in [0.5, 0.6) is 0 Å². The maximum atomic E-state index is 11.8. The number of benzene rings is 2. The fourth-order valence-corrected chi connectivity index (χ4v) is 3.66. The molecule has 0 aliphatic heterocycles. The average Bonchev–Trinajstić information content (AvgIpc) is 3.10. The van der Waals surface area contributed by atoms with E-state index in [0.717, 1.165) is 17.0 Å². The maximum absolute atomic E-state index is 11.8. The first kappa shape index (κ1) is 36.1. The quantitative estimate of drug-likeness (QED) is 0.0394. The highest BCUT2D eigenvalue weighted by atomic mass is 32.1. The summed E-state index contributed by atoms with van der Waals surface area (Å²) in [5, 5.41) is 11.0. The maximum Gasteiger partial charge on any atom is 0.187 e. The Labute approximate surface area is 275 Å². The van der Waals surface area contributed by atoms with E-state index in [1.165, 1.54) is 5.56 Å². The van der Waals surface area contributed by atoms with Crippen molar-refractivity contribution in [1.29, 1.82) is 0 Å². The van der Waals surface area contributed by atoms with Gasteiger partial charge in [-0.25, -0.2) is 5.84 Å². The highest BCUT2D eigenvalue weighted by Crippen LogP contribution is 2.07. The number of thiocarbonyl (C=S) groups is 2. The molecule has 0 atom stereocenters. The number of nitrogens with two attached hydrogens (primary N) is 1. The number of nitrogens with one attached hydrogen (secondary N) is 4. The third-order valence-electron chi connectivity index (χ3n) is 5.57. The third kappa shape index (κ3) is 15.8. The number of hydrazine groups is 1. The van der Waals surface area contributed by atoms with Crippen molar-refractivity contribution >= 4 is 46.2 Å². The Kier molecular flexibility index (Phi) is 18.0. The minimum Gasteiger partial charge on any atom is -0.358 e. The Hall–Kier alpha value is -5.10. The second-order valence-corrected chi connectivity index (χ2v) is 9.81. The summed E-state index contributed by atoms with van der Waals surface area (Å²) in [7, 11) is 0. The van der Waals surface area contributed by atoms with Crippen LogP contribution in [0, 0.1) is 0 Å². The van der Waals surface area contributed by atoms with Crippen LogP contribution in [0.25, 0.3) is 0 Å². The summed E-state index contributed by atoms with van der Waals surface area (Å²) in [6.45, 7) is 8.35. The lowest BCUT2D eigenvalue weighted by molar-refractivity contribution is 0.0988. The van der Waals surface area contributed by atoms with E-state index in [4.69, 9.17) is 18.1 Å². The van der Waals surface area contributed by atoms with Gasteiger partial charge >= 0.3 is 0 Å². The number of pyridine rings is 2. The lowest BCUT2D eigenvalue weighted by Crippen LogP contribution is -2.39. The molecule has 45 heavy (non-hydrogen) atoms. The van der Waals surface area contributed by atoms with E-state index in [-0.39, 0.29) is 5.78 Å². The van der Waals surface area contributed by atoms with Crippen LogP contribution < -0.4 is 27.3 Å². The van der Waals surface area contributed by atoms with Crippen LogP contribution in [0.2, 0.25) is 0 Å². The highest BCUT2D eigenvalue weighted by Gasteiger charge is 2.08. The summed E-state index contributed by atoms with van der Waals surface area (Å²) in [5.41, 5.74) is 9.50. The first-order chi connectivity index (χ1) is 22.0. The van der Waals surface area contributed by atoms with Gasteiger partial charge in [-0.1, -0.05) is 84.9 Å². The Morgan fingerprint density at radius 2 is 1.20 bits per heavy atom. The van der Waals surface area contributed by atoms with Crippen LogP contribution in [0.3, 0.4) is 0 Å². The number of Topliss-reactive ketones (excluding diaryl/α,β-unsaturated/α-hetero) is 1. The smallest absolute Gasteiger partial charge is 0.187 e. The van der Waals surface area contributed by atoms with Crippen LogP contribution in [-0.2, 0) is 12.8 Å². The topological polar surface area (TPSA) is 129 Å². The van der Waals surface area contributed by atoms with Crippen molar-refractivity contribution in [2.75, 3.05) is 13.1 Å². The van der Waals surface area contributed by atoms with Crippen LogP contribution in [-0.4, -0.2) is 44.8 Å². The third-order valence-corrected chi connectivity index (χ3v) is 6.07. The van der Waals surface area contributed by atoms with Gasteiger partial charge in [0.15, 0.2) is 16.0 Å². The van der Waals surface area contributed by atoms with Gasteiger partial charge in [0.25, 0.3) is 0 Å². The largest absolute Gasteiger partial charge is 0.358 e. The predicted molar refractivity (Wildman–Crippen MR) is 192 cm³/mol. The molecule has 0 aliphatic carbocycles. The van der Waals surface area contributed by atoms with E-state index < -0.39 is 0 Å². The van der Waals surface area contributed by atoms with Crippen LogP contribution in [0.1, 0.15) is 27.3 Å². The van der Waals surface area contributed by atoms with Crippen molar-refractivity contribution in [3.63, 3.8) is 0 Å². The van der Waals surface area contributed by atoms with Gasteiger partial charge in [0.2, 0.25) is 0 Å². The van der Waals surface area contributed by atoms with Crippen molar-refractivity contribution in [2.24, 2.45) is 10.9 Å². The van der Waals surface area contributed by atoms with E-state index in [2.05, 4.69) is 74.1 Å². The zero-order valence-corrected chi connectivity index (χ0v) is 26.6. The van der Waals surface area contributed by atoms with Gasteiger partial charge in [0.1, 0.15) is 5.69 Å². The molecule has 232 valence electrons. The summed E-state index contributed by atoms with van der Waals surface area (Å²) < 4.78 is 0. The molecule has 2 aromatic carbocycles. The van der Waals surface area contributed by atoms with Gasteiger partial charge < -0.3 is 16.1 Å². The summed E-state index contributed by atoms with van der Waals surface area (Å²) in [6, 6.07) is 31.0. The van der Waals surface area contributed by atoms with Gasteiger partial charge in [-0.3, -0.25) is 20.2 Å². The van der Waals surface area contributed by atoms with E-state index in [9.17, 15) is 4.79 Å². The van der Waals surface area contributed by atoms with Crippen LogP contribution >= 0.6 is 24.4 Å². The van der Waals surface area contributed by atoms with Gasteiger partial charge in [-0.05, 0) is 59.8 Å². The summed E-state index contributed by atoms with van der Waals surface area (Å²) in [6.07, 6.45) is 7.92. The Balaban J connectivity index is 0.000000264. The monoisotopic (exact) mass is 638 g/mol. The number of carbonyl (C=O) groups is 1. The number of hydrogen-bond donors (Lipinski definition) is 5.